The summed E-state index contributed by atoms with van der Waals surface area (Å²) in [5.74, 6) is 0.342. The topological polar surface area (TPSA) is 53.8 Å². The van der Waals surface area contributed by atoms with Crippen molar-refractivity contribution in [3.05, 3.63) is 35.6 Å². The molecule has 5 heteroatoms. The van der Waals surface area contributed by atoms with Crippen molar-refractivity contribution in [2.24, 2.45) is 0 Å². The van der Waals surface area contributed by atoms with Crippen LogP contribution in [0.1, 0.15) is 24.0 Å². The van der Waals surface area contributed by atoms with E-state index in [0.717, 1.165) is 35.1 Å². The fourth-order valence-electron chi connectivity index (χ4n) is 3.51. The number of fused-ring (bicyclic) bond motifs is 1. The number of nitrogens with zero attached hydrogens (tertiary/aromatic N) is 2. The molecule has 5 nitrogen and oxygen atoms in total. The first-order valence-electron chi connectivity index (χ1n) is 8.16. The molecule has 3 heterocycles. The van der Waals surface area contributed by atoms with Crippen molar-refractivity contribution in [3.63, 3.8) is 0 Å². The van der Waals surface area contributed by atoms with E-state index in [-0.39, 0.29) is 17.9 Å². The highest BCUT2D eigenvalue weighted by Gasteiger charge is 2.38. The highest BCUT2D eigenvalue weighted by Crippen LogP contribution is 2.25. The molecule has 1 aromatic heterocycles. The monoisotopic (exact) mass is 312 g/mol. The largest absolute Gasteiger partial charge is 0.464 e. The van der Waals surface area contributed by atoms with Gasteiger partial charge in [-0.3, -0.25) is 9.59 Å². The maximum absolute atomic E-state index is 12.4. The van der Waals surface area contributed by atoms with Crippen LogP contribution in [0.15, 0.2) is 28.9 Å². The van der Waals surface area contributed by atoms with Gasteiger partial charge in [0, 0.05) is 37.0 Å². The first-order chi connectivity index (χ1) is 11.1. The molecule has 0 spiro atoms. The summed E-state index contributed by atoms with van der Waals surface area (Å²) in [7, 11) is 0. The number of furan rings is 1. The zero-order valence-corrected chi connectivity index (χ0v) is 13.2. The fraction of sp³-hybridized carbons (Fsp3) is 0.444. The van der Waals surface area contributed by atoms with Gasteiger partial charge in [-0.05, 0) is 25.0 Å². The molecule has 2 fully saturated rings. The lowest BCUT2D eigenvalue weighted by atomic mass is 10.0. The van der Waals surface area contributed by atoms with Crippen LogP contribution in [0.2, 0.25) is 0 Å². The van der Waals surface area contributed by atoms with Crippen LogP contribution in [0.5, 0.6) is 0 Å². The molecule has 1 aromatic carbocycles. The Hall–Kier alpha value is -2.30. The zero-order valence-electron chi connectivity index (χ0n) is 13.2. The SMILES string of the molecule is Cc1ccc2c(CC(=O)N3CC(N4CCCC4=O)C3)coc2c1. The Balaban J connectivity index is 1.40. The summed E-state index contributed by atoms with van der Waals surface area (Å²) in [5, 5.41) is 1.01. The van der Waals surface area contributed by atoms with E-state index in [1.165, 1.54) is 0 Å². The summed E-state index contributed by atoms with van der Waals surface area (Å²) in [4.78, 5) is 27.9. The minimum atomic E-state index is 0.108. The molecule has 4 rings (SSSR count). The molecule has 0 atom stereocenters. The van der Waals surface area contributed by atoms with Crippen LogP contribution >= 0.6 is 0 Å². The minimum absolute atomic E-state index is 0.108. The van der Waals surface area contributed by atoms with Gasteiger partial charge in [-0.25, -0.2) is 0 Å². The molecule has 0 aliphatic carbocycles. The Kier molecular flexibility index (Phi) is 3.36. The van der Waals surface area contributed by atoms with Crippen molar-refractivity contribution >= 4 is 22.8 Å². The van der Waals surface area contributed by atoms with Crippen LogP contribution in [0.3, 0.4) is 0 Å². The summed E-state index contributed by atoms with van der Waals surface area (Å²) in [6, 6.07) is 6.25. The van der Waals surface area contributed by atoms with Crippen molar-refractivity contribution in [2.45, 2.75) is 32.2 Å². The molecule has 0 unspecified atom stereocenters. The standard InChI is InChI=1S/C18H20N2O3/c1-12-4-5-15-13(11-23-16(15)7-12)8-18(22)19-9-14(10-19)20-6-2-3-17(20)21/h4-5,7,11,14H,2-3,6,8-10H2,1H3. The Morgan fingerprint density at radius 1 is 1.35 bits per heavy atom. The Morgan fingerprint density at radius 2 is 2.17 bits per heavy atom. The highest BCUT2D eigenvalue weighted by atomic mass is 16.3. The normalized spacial score (nSPS) is 18.7. The van der Waals surface area contributed by atoms with Gasteiger partial charge in [-0.1, -0.05) is 12.1 Å². The summed E-state index contributed by atoms with van der Waals surface area (Å²) < 4.78 is 5.55. The Labute approximate surface area is 134 Å². The van der Waals surface area contributed by atoms with Gasteiger partial charge in [0.25, 0.3) is 0 Å². The predicted octanol–water partition coefficient (Wildman–Crippen LogP) is 2.12. The number of benzene rings is 1. The minimum Gasteiger partial charge on any atom is -0.464 e. The maximum Gasteiger partial charge on any atom is 0.227 e. The zero-order chi connectivity index (χ0) is 16.0. The molecule has 0 bridgehead atoms. The van der Waals surface area contributed by atoms with Gasteiger partial charge in [0.15, 0.2) is 0 Å². The average Bonchev–Trinajstić information content (AvgIpc) is 3.05. The molecule has 0 N–H and O–H groups in total. The van der Waals surface area contributed by atoms with Crippen LogP contribution in [0.4, 0.5) is 0 Å². The van der Waals surface area contributed by atoms with E-state index < -0.39 is 0 Å². The number of aryl methyl sites for hydroxylation is 1. The van der Waals surface area contributed by atoms with E-state index in [1.54, 1.807) is 6.26 Å². The molecule has 120 valence electrons. The number of likely N-dealkylation sites (tertiary alicyclic amines) is 2. The van der Waals surface area contributed by atoms with Crippen LogP contribution in [0.25, 0.3) is 11.0 Å². The smallest absolute Gasteiger partial charge is 0.227 e. The second-order valence-corrected chi connectivity index (χ2v) is 6.58. The van der Waals surface area contributed by atoms with E-state index in [9.17, 15) is 9.59 Å². The quantitative estimate of drug-likeness (QED) is 0.872. The maximum atomic E-state index is 12.4. The highest BCUT2D eigenvalue weighted by molar-refractivity contribution is 5.88. The second kappa shape index (κ2) is 5.41. The van der Waals surface area contributed by atoms with Crippen molar-refractivity contribution in [1.29, 1.82) is 0 Å². The second-order valence-electron chi connectivity index (χ2n) is 6.58. The molecular formula is C18H20N2O3. The van der Waals surface area contributed by atoms with Crippen LogP contribution in [0, 0.1) is 6.92 Å². The molecule has 2 amide bonds. The molecule has 2 aromatic rings. The number of hydrogen-bond donors (Lipinski definition) is 0. The third-order valence-corrected chi connectivity index (χ3v) is 4.92. The van der Waals surface area contributed by atoms with E-state index in [2.05, 4.69) is 0 Å². The Morgan fingerprint density at radius 3 is 2.91 bits per heavy atom. The summed E-state index contributed by atoms with van der Waals surface area (Å²) in [5.41, 5.74) is 2.91. The molecule has 2 aliphatic rings. The third kappa shape index (κ3) is 2.50. The lowest BCUT2D eigenvalue weighted by Gasteiger charge is -2.44. The van der Waals surface area contributed by atoms with E-state index in [4.69, 9.17) is 4.42 Å². The number of amides is 2. The van der Waals surface area contributed by atoms with Crippen LogP contribution in [-0.2, 0) is 16.0 Å². The molecule has 2 saturated heterocycles. The summed E-state index contributed by atoms with van der Waals surface area (Å²) in [6.45, 7) is 4.20. The van der Waals surface area contributed by atoms with Crippen molar-refractivity contribution in [2.75, 3.05) is 19.6 Å². The summed E-state index contributed by atoms with van der Waals surface area (Å²) >= 11 is 0. The first-order valence-corrected chi connectivity index (χ1v) is 8.16. The van der Waals surface area contributed by atoms with Gasteiger partial charge in [-0.2, -0.15) is 0 Å². The Bertz CT molecular complexity index is 774. The lowest BCUT2D eigenvalue weighted by Crippen LogP contribution is -2.61. The number of carbonyl (C=O) groups excluding carboxylic acids is 2. The van der Waals surface area contributed by atoms with Crippen molar-refractivity contribution in [1.82, 2.24) is 9.80 Å². The van der Waals surface area contributed by atoms with E-state index >= 15 is 0 Å². The molecule has 0 saturated carbocycles. The molecule has 2 aliphatic heterocycles. The predicted molar refractivity (Wildman–Crippen MR) is 86.0 cm³/mol. The van der Waals surface area contributed by atoms with Gasteiger partial charge < -0.3 is 14.2 Å². The van der Waals surface area contributed by atoms with Crippen molar-refractivity contribution < 1.29 is 14.0 Å². The van der Waals surface area contributed by atoms with E-state index in [1.807, 2.05) is 34.9 Å². The van der Waals surface area contributed by atoms with Gasteiger partial charge in [0.1, 0.15) is 5.58 Å². The average molecular weight is 312 g/mol. The third-order valence-electron chi connectivity index (χ3n) is 4.92. The molecular weight excluding hydrogens is 292 g/mol. The van der Waals surface area contributed by atoms with Gasteiger partial charge >= 0.3 is 0 Å². The van der Waals surface area contributed by atoms with Gasteiger partial charge in [0.05, 0.1) is 18.7 Å². The number of hydrogen-bond acceptors (Lipinski definition) is 3. The van der Waals surface area contributed by atoms with Crippen LogP contribution in [-0.4, -0.2) is 47.3 Å². The number of rotatable bonds is 3. The van der Waals surface area contributed by atoms with Gasteiger partial charge in [0.2, 0.25) is 11.8 Å². The number of carbonyl (C=O) groups is 2. The first kappa shape index (κ1) is 14.3. The molecule has 0 radical (unpaired) electrons. The van der Waals surface area contributed by atoms with E-state index in [0.29, 0.717) is 25.9 Å². The van der Waals surface area contributed by atoms with Gasteiger partial charge in [-0.15, -0.1) is 0 Å². The van der Waals surface area contributed by atoms with Crippen LogP contribution < -0.4 is 0 Å². The summed E-state index contributed by atoms with van der Waals surface area (Å²) in [6.07, 6.45) is 3.65. The lowest BCUT2D eigenvalue weighted by molar-refractivity contribution is -0.143. The van der Waals surface area contributed by atoms with Crippen molar-refractivity contribution in [3.8, 4) is 0 Å². The fourth-order valence-corrected chi connectivity index (χ4v) is 3.51. The molecule has 23 heavy (non-hydrogen) atoms.